The Balaban J connectivity index is 2.61. The molecule has 1 aromatic heterocycles. The van der Waals surface area contributed by atoms with Crippen LogP contribution in [0, 0.1) is 6.92 Å². The summed E-state index contributed by atoms with van der Waals surface area (Å²) in [5, 5.41) is 3.74. The normalized spacial score (nSPS) is 11.1. The fraction of sp³-hybridized carbons (Fsp3) is 0.182. The maximum atomic E-state index is 11.5. The number of nitrogens with zero attached hydrogens (tertiary/aromatic N) is 2. The van der Waals surface area contributed by atoms with Crippen LogP contribution in [-0.2, 0) is 0 Å². The number of hydrogen-bond donors (Lipinski definition) is 1. The lowest BCUT2D eigenvalue weighted by Crippen LogP contribution is -2.17. The predicted molar refractivity (Wildman–Crippen MR) is 59.7 cm³/mol. The zero-order valence-corrected chi connectivity index (χ0v) is 8.77. The maximum Gasteiger partial charge on any atom is 0.271 e. The van der Waals surface area contributed by atoms with E-state index in [-0.39, 0.29) is 5.91 Å². The number of amides is 1. The summed E-state index contributed by atoms with van der Waals surface area (Å²) in [7, 11) is 0. The maximum absolute atomic E-state index is 11.5. The van der Waals surface area contributed by atoms with Crippen molar-refractivity contribution in [2.45, 2.75) is 13.8 Å². The van der Waals surface area contributed by atoms with Crippen molar-refractivity contribution in [2.24, 2.45) is 5.10 Å². The monoisotopic (exact) mass is 203 g/mol. The van der Waals surface area contributed by atoms with E-state index in [0.717, 1.165) is 5.69 Å². The highest BCUT2D eigenvalue weighted by atomic mass is 16.2. The van der Waals surface area contributed by atoms with E-state index in [4.69, 9.17) is 0 Å². The van der Waals surface area contributed by atoms with E-state index in [1.165, 1.54) is 6.21 Å². The van der Waals surface area contributed by atoms with Crippen LogP contribution in [0.5, 0.6) is 0 Å². The lowest BCUT2D eigenvalue weighted by atomic mass is 10.2. The van der Waals surface area contributed by atoms with Crippen molar-refractivity contribution in [3.8, 4) is 0 Å². The molecule has 0 aliphatic heterocycles. The molecule has 0 saturated heterocycles. The molecule has 4 heteroatoms. The van der Waals surface area contributed by atoms with Gasteiger partial charge in [0.25, 0.3) is 5.91 Å². The molecule has 0 aliphatic rings. The fourth-order valence-electron chi connectivity index (χ4n) is 0.976. The van der Waals surface area contributed by atoms with Gasteiger partial charge in [0.1, 0.15) is 0 Å². The Kier molecular flexibility index (Phi) is 4.22. The van der Waals surface area contributed by atoms with Gasteiger partial charge in [0.2, 0.25) is 0 Å². The smallest absolute Gasteiger partial charge is 0.267 e. The Morgan fingerprint density at radius 3 is 3.07 bits per heavy atom. The number of allylic oxidation sites excluding steroid dienone is 2. The molecule has 0 aromatic carbocycles. The van der Waals surface area contributed by atoms with Gasteiger partial charge in [0, 0.05) is 23.7 Å². The van der Waals surface area contributed by atoms with Gasteiger partial charge in [0.05, 0.1) is 0 Å². The van der Waals surface area contributed by atoms with Crippen LogP contribution in [0.1, 0.15) is 23.0 Å². The van der Waals surface area contributed by atoms with Gasteiger partial charge in [-0.15, -0.1) is 0 Å². The Hall–Kier alpha value is -1.97. The highest BCUT2D eigenvalue weighted by molar-refractivity contribution is 5.94. The third kappa shape index (κ3) is 3.72. The highest BCUT2D eigenvalue weighted by Gasteiger charge is 2.03. The Labute approximate surface area is 88.7 Å². The minimum absolute atomic E-state index is 0.235. The van der Waals surface area contributed by atoms with Gasteiger partial charge in [-0.1, -0.05) is 6.08 Å². The zero-order valence-electron chi connectivity index (χ0n) is 8.77. The van der Waals surface area contributed by atoms with E-state index in [1.807, 2.05) is 19.9 Å². The molecule has 1 N–H and O–H groups in total. The predicted octanol–water partition coefficient (Wildman–Crippen LogP) is 1.68. The summed E-state index contributed by atoms with van der Waals surface area (Å²) in [5.74, 6) is -0.235. The van der Waals surface area contributed by atoms with Crippen molar-refractivity contribution < 1.29 is 4.79 Å². The van der Waals surface area contributed by atoms with Crippen LogP contribution >= 0.6 is 0 Å². The number of pyridine rings is 1. The molecule has 1 rings (SSSR count). The summed E-state index contributed by atoms with van der Waals surface area (Å²) in [4.78, 5) is 15.5. The lowest BCUT2D eigenvalue weighted by Gasteiger charge is -1.99. The third-order valence-electron chi connectivity index (χ3n) is 1.68. The number of nitrogens with one attached hydrogen (secondary N) is 1. The van der Waals surface area contributed by atoms with Gasteiger partial charge in [-0.25, -0.2) is 5.43 Å². The standard InChI is InChI=1S/C11H13N3O/c1-3-4-6-13-14-11(15)10-5-7-12-9(2)8-10/h3-8H,1-2H3,(H,14,15)/b4-3+,13-6+. The van der Waals surface area contributed by atoms with E-state index in [9.17, 15) is 4.79 Å². The average Bonchev–Trinajstić information content (AvgIpc) is 2.24. The summed E-state index contributed by atoms with van der Waals surface area (Å²) >= 11 is 0. The second-order valence-corrected chi connectivity index (χ2v) is 2.93. The Morgan fingerprint density at radius 1 is 1.60 bits per heavy atom. The van der Waals surface area contributed by atoms with Crippen LogP contribution in [0.15, 0.2) is 35.6 Å². The molecule has 1 amide bonds. The molecule has 0 unspecified atom stereocenters. The van der Waals surface area contributed by atoms with Crippen LogP contribution in [0.25, 0.3) is 0 Å². The minimum Gasteiger partial charge on any atom is -0.267 e. The van der Waals surface area contributed by atoms with Crippen LogP contribution in [0.3, 0.4) is 0 Å². The van der Waals surface area contributed by atoms with Gasteiger partial charge in [-0.05, 0) is 32.1 Å². The van der Waals surface area contributed by atoms with E-state index in [0.29, 0.717) is 5.56 Å². The second kappa shape index (κ2) is 5.70. The number of aryl methyl sites for hydroxylation is 1. The van der Waals surface area contributed by atoms with Gasteiger partial charge >= 0.3 is 0 Å². The molecule has 1 aromatic rings. The van der Waals surface area contributed by atoms with Crippen molar-refractivity contribution in [1.82, 2.24) is 10.4 Å². The molecule has 0 saturated carbocycles. The number of carbonyl (C=O) groups excluding carboxylic acids is 1. The Morgan fingerprint density at radius 2 is 2.40 bits per heavy atom. The first kappa shape index (κ1) is 11.1. The molecule has 1 heterocycles. The van der Waals surface area contributed by atoms with Gasteiger partial charge in [0.15, 0.2) is 0 Å². The minimum atomic E-state index is -0.235. The number of rotatable bonds is 3. The summed E-state index contributed by atoms with van der Waals surface area (Å²) in [6.07, 6.45) is 6.68. The molecular weight excluding hydrogens is 190 g/mol. The fourth-order valence-corrected chi connectivity index (χ4v) is 0.976. The quantitative estimate of drug-likeness (QED) is 0.600. The van der Waals surface area contributed by atoms with Gasteiger partial charge in [-0.3, -0.25) is 9.78 Å². The molecule has 15 heavy (non-hydrogen) atoms. The van der Waals surface area contributed by atoms with Crippen molar-refractivity contribution in [3.05, 3.63) is 41.7 Å². The summed E-state index contributed by atoms with van der Waals surface area (Å²) < 4.78 is 0. The summed E-state index contributed by atoms with van der Waals surface area (Å²) in [6.45, 7) is 3.71. The van der Waals surface area contributed by atoms with E-state index >= 15 is 0 Å². The van der Waals surface area contributed by atoms with Crippen molar-refractivity contribution in [3.63, 3.8) is 0 Å². The van der Waals surface area contributed by atoms with Crippen molar-refractivity contribution in [2.75, 3.05) is 0 Å². The zero-order chi connectivity index (χ0) is 11.1. The molecule has 0 atom stereocenters. The van der Waals surface area contributed by atoms with Crippen LogP contribution in [0.4, 0.5) is 0 Å². The molecule has 0 aliphatic carbocycles. The van der Waals surface area contributed by atoms with Crippen LogP contribution in [0.2, 0.25) is 0 Å². The van der Waals surface area contributed by atoms with E-state index < -0.39 is 0 Å². The molecular formula is C11H13N3O. The molecule has 4 nitrogen and oxygen atoms in total. The highest BCUT2D eigenvalue weighted by Crippen LogP contribution is 1.99. The summed E-state index contributed by atoms with van der Waals surface area (Å²) in [6, 6.07) is 3.36. The molecule has 0 radical (unpaired) electrons. The second-order valence-electron chi connectivity index (χ2n) is 2.93. The Bertz CT molecular complexity index is 397. The number of hydrazone groups is 1. The first-order chi connectivity index (χ1) is 7.24. The molecule has 0 fully saturated rings. The topological polar surface area (TPSA) is 54.4 Å². The molecule has 0 spiro atoms. The van der Waals surface area contributed by atoms with Crippen LogP contribution in [-0.4, -0.2) is 17.1 Å². The first-order valence-electron chi connectivity index (χ1n) is 4.61. The largest absolute Gasteiger partial charge is 0.271 e. The van der Waals surface area contributed by atoms with Gasteiger partial charge in [-0.2, -0.15) is 5.10 Å². The SMILES string of the molecule is C/C=C/C=N/NC(=O)c1ccnc(C)c1. The molecule has 78 valence electrons. The van der Waals surface area contributed by atoms with E-state index in [1.54, 1.807) is 24.4 Å². The first-order valence-corrected chi connectivity index (χ1v) is 4.61. The van der Waals surface area contributed by atoms with E-state index in [2.05, 4.69) is 15.5 Å². The van der Waals surface area contributed by atoms with Crippen molar-refractivity contribution >= 4 is 12.1 Å². The van der Waals surface area contributed by atoms with Gasteiger partial charge < -0.3 is 0 Å². The molecule has 0 bridgehead atoms. The lowest BCUT2D eigenvalue weighted by molar-refractivity contribution is 0.0955. The van der Waals surface area contributed by atoms with Crippen molar-refractivity contribution in [1.29, 1.82) is 0 Å². The number of carbonyl (C=O) groups is 1. The third-order valence-corrected chi connectivity index (χ3v) is 1.68. The average molecular weight is 203 g/mol. The number of aromatic nitrogens is 1. The number of hydrogen-bond acceptors (Lipinski definition) is 3. The summed E-state index contributed by atoms with van der Waals surface area (Å²) in [5.41, 5.74) is 3.77. The van der Waals surface area contributed by atoms with Crippen LogP contribution < -0.4 is 5.43 Å².